The molecule has 1 rings (SSSR count). The summed E-state index contributed by atoms with van der Waals surface area (Å²) in [7, 11) is -5.16. The van der Waals surface area contributed by atoms with E-state index in [-0.39, 0.29) is 12.8 Å². The summed E-state index contributed by atoms with van der Waals surface area (Å²) in [4.78, 5) is 35.8. The Morgan fingerprint density at radius 3 is 1.60 bits per heavy atom. The molecule has 14 nitrogen and oxygen atoms in total. The molecule has 0 heterocycles. The monoisotopic (exact) mass is 967 g/mol. The first-order chi connectivity index (χ1) is 32.3. The normalized spacial score (nSPS) is 22.3. The van der Waals surface area contributed by atoms with Gasteiger partial charge in [0.2, 0.25) is 0 Å². The first-order valence-corrected chi connectivity index (χ1v) is 26.5. The minimum atomic E-state index is -5.16. The van der Waals surface area contributed by atoms with Crippen molar-refractivity contribution < 1.29 is 68.2 Å². The summed E-state index contributed by atoms with van der Waals surface area (Å²) in [6, 6.07) is 0. The lowest BCUT2D eigenvalue weighted by Crippen LogP contribution is -2.64. The number of rotatable bonds is 40. The number of phosphoric ester groups is 1. The number of hydrogen-bond donors (Lipinski definition) is 7. The standard InChI is InChI=1S/C52H87O14P/c1-3-5-7-9-11-13-14-15-16-17-18-19-20-21-22-23-25-27-31-36-40-46(55)65-44(42-64-67(61,62)66-52-50(59)48(57)47(56)49(58)51(52)60)41-63-45(54)39-35-32-28-30-34-38-43(53)37-33-29-26-24-12-10-8-6-4-2/h12-14,16-17,19-20,24,28-30,33-34,38,43-44,47-53,56-60H,3-11,15,18,21-23,25-27,31-32,35-37,39-42H2,1-2H3,(H,61,62)/b14-13-,17-16-,20-19-,24-12-,30-28+,33-29-,38-34-/t43?,44-,47?,48-,49+,50-,51-,52?/m1/s1. The van der Waals surface area contributed by atoms with Crippen molar-refractivity contribution in [2.75, 3.05) is 13.2 Å². The molecular formula is C52H87O14P. The van der Waals surface area contributed by atoms with E-state index in [1.165, 1.54) is 44.9 Å². The predicted molar refractivity (Wildman–Crippen MR) is 264 cm³/mol. The van der Waals surface area contributed by atoms with Crippen LogP contribution < -0.4 is 0 Å². The van der Waals surface area contributed by atoms with Gasteiger partial charge in [0.15, 0.2) is 6.10 Å². The SMILES string of the molecule is CCCCC/C=C\C/C=C\CC(O)/C=C\C=C\CCCC(=O)OC[C@H](COP(=O)(O)OC1[C@H](O)[C@H](O)C(O)[C@H](O)[C@H]1O)OC(=O)CCCCCCCC/C=C\C/C=C\C/C=C\CCCCCC. The van der Waals surface area contributed by atoms with Gasteiger partial charge in [-0.1, -0.05) is 157 Å². The zero-order chi connectivity index (χ0) is 49.4. The van der Waals surface area contributed by atoms with Gasteiger partial charge in [0.05, 0.1) is 12.7 Å². The third kappa shape index (κ3) is 33.2. The highest BCUT2D eigenvalue weighted by atomic mass is 31.2. The van der Waals surface area contributed by atoms with Crippen LogP contribution in [0.2, 0.25) is 0 Å². The first kappa shape index (κ1) is 62.0. The fraction of sp³-hybridized carbons (Fsp3) is 0.692. The van der Waals surface area contributed by atoms with Crippen LogP contribution >= 0.6 is 7.82 Å². The average molecular weight is 967 g/mol. The van der Waals surface area contributed by atoms with Gasteiger partial charge >= 0.3 is 19.8 Å². The Bertz CT molecular complexity index is 1510. The number of carbonyl (C=O) groups is 2. The molecule has 0 aromatic carbocycles. The Labute approximate surface area is 401 Å². The van der Waals surface area contributed by atoms with Crippen molar-refractivity contribution in [3.63, 3.8) is 0 Å². The topological polar surface area (TPSA) is 230 Å². The maximum atomic E-state index is 12.8. The lowest BCUT2D eigenvalue weighted by Gasteiger charge is -2.41. The molecule has 0 aromatic rings. The molecule has 9 atom stereocenters. The molecule has 4 unspecified atom stereocenters. The second-order valence-electron chi connectivity index (χ2n) is 17.2. The lowest BCUT2D eigenvalue weighted by molar-refractivity contribution is -0.220. The molecule has 0 saturated heterocycles. The van der Waals surface area contributed by atoms with Crippen molar-refractivity contribution in [3.8, 4) is 0 Å². The Morgan fingerprint density at radius 2 is 1.00 bits per heavy atom. The van der Waals surface area contributed by atoms with Crippen molar-refractivity contribution in [2.45, 2.75) is 217 Å². The number of hydrogen-bond acceptors (Lipinski definition) is 13. The minimum Gasteiger partial charge on any atom is -0.462 e. The first-order valence-electron chi connectivity index (χ1n) is 25.0. The minimum absolute atomic E-state index is 0.0245. The highest BCUT2D eigenvalue weighted by Gasteiger charge is 2.51. The Morgan fingerprint density at radius 1 is 0.537 bits per heavy atom. The number of carbonyl (C=O) groups excluding carboxylic acids is 2. The highest BCUT2D eigenvalue weighted by molar-refractivity contribution is 7.47. The number of esters is 2. The largest absolute Gasteiger partial charge is 0.472 e. The number of aliphatic hydroxyl groups is 6. The molecule has 0 aliphatic heterocycles. The van der Waals surface area contributed by atoms with Crippen molar-refractivity contribution in [1.29, 1.82) is 0 Å². The number of allylic oxidation sites excluding steroid dienone is 12. The van der Waals surface area contributed by atoms with Crippen LogP contribution in [0.4, 0.5) is 0 Å². The van der Waals surface area contributed by atoms with Crippen molar-refractivity contribution in [2.24, 2.45) is 0 Å². The molecule has 0 amide bonds. The van der Waals surface area contributed by atoms with Gasteiger partial charge in [-0.25, -0.2) is 4.57 Å². The third-order valence-electron chi connectivity index (χ3n) is 11.0. The zero-order valence-electron chi connectivity index (χ0n) is 40.5. The van der Waals surface area contributed by atoms with Crippen molar-refractivity contribution >= 4 is 19.8 Å². The second-order valence-corrected chi connectivity index (χ2v) is 18.6. The van der Waals surface area contributed by atoms with E-state index in [0.29, 0.717) is 25.7 Å². The van der Waals surface area contributed by atoms with Gasteiger partial charge in [0, 0.05) is 12.8 Å². The molecule has 1 aliphatic carbocycles. The van der Waals surface area contributed by atoms with Crippen LogP contribution in [0, 0.1) is 0 Å². The molecule has 0 bridgehead atoms. The van der Waals surface area contributed by atoms with Crippen LogP contribution in [0.3, 0.4) is 0 Å². The smallest absolute Gasteiger partial charge is 0.462 e. The van der Waals surface area contributed by atoms with Gasteiger partial charge in [0.25, 0.3) is 0 Å². The molecule has 1 aliphatic rings. The quantitative estimate of drug-likeness (QED) is 0.00998. The molecule has 0 radical (unpaired) electrons. The van der Waals surface area contributed by atoms with Crippen LogP contribution in [-0.4, -0.2) is 110 Å². The van der Waals surface area contributed by atoms with E-state index in [2.05, 4.69) is 62.5 Å². The van der Waals surface area contributed by atoms with E-state index in [9.17, 15) is 49.7 Å². The molecule has 15 heteroatoms. The van der Waals surface area contributed by atoms with E-state index in [4.69, 9.17) is 18.5 Å². The van der Waals surface area contributed by atoms with Crippen LogP contribution in [0.5, 0.6) is 0 Å². The summed E-state index contributed by atoms with van der Waals surface area (Å²) in [5.41, 5.74) is 0. The molecule has 0 spiro atoms. The van der Waals surface area contributed by atoms with Gasteiger partial charge in [0.1, 0.15) is 43.2 Å². The van der Waals surface area contributed by atoms with E-state index < -0.39 is 81.8 Å². The van der Waals surface area contributed by atoms with Crippen LogP contribution in [0.15, 0.2) is 85.1 Å². The predicted octanol–water partition coefficient (Wildman–Crippen LogP) is 9.42. The number of phosphoric acid groups is 1. The fourth-order valence-corrected chi connectivity index (χ4v) is 7.93. The molecule has 1 fully saturated rings. The molecule has 1 saturated carbocycles. The molecule has 67 heavy (non-hydrogen) atoms. The fourth-order valence-electron chi connectivity index (χ4n) is 6.95. The summed E-state index contributed by atoms with van der Waals surface area (Å²) in [5, 5.41) is 60.4. The summed E-state index contributed by atoms with van der Waals surface area (Å²) in [5.74, 6) is -1.25. The van der Waals surface area contributed by atoms with E-state index in [1.807, 2.05) is 18.2 Å². The van der Waals surface area contributed by atoms with Crippen molar-refractivity contribution in [1.82, 2.24) is 0 Å². The van der Waals surface area contributed by atoms with E-state index in [0.717, 1.165) is 70.6 Å². The van der Waals surface area contributed by atoms with E-state index in [1.54, 1.807) is 18.2 Å². The lowest BCUT2D eigenvalue weighted by atomic mass is 9.85. The third-order valence-corrected chi connectivity index (χ3v) is 12.0. The molecule has 0 aromatic heterocycles. The summed E-state index contributed by atoms with van der Waals surface area (Å²) >= 11 is 0. The zero-order valence-corrected chi connectivity index (χ0v) is 41.4. The Kier molecular flexibility index (Phi) is 37.8. The van der Waals surface area contributed by atoms with Gasteiger partial charge in [-0.3, -0.25) is 18.6 Å². The molecule has 7 N–H and O–H groups in total. The summed E-state index contributed by atoms with van der Waals surface area (Å²) in [6.07, 6.45) is 36.4. The maximum absolute atomic E-state index is 12.8. The molecule has 384 valence electrons. The van der Waals surface area contributed by atoms with Crippen molar-refractivity contribution in [3.05, 3.63) is 85.1 Å². The van der Waals surface area contributed by atoms with Crippen LogP contribution in [0.25, 0.3) is 0 Å². The second kappa shape index (κ2) is 40.8. The van der Waals surface area contributed by atoms with Gasteiger partial charge < -0.3 is 45.0 Å². The van der Waals surface area contributed by atoms with Crippen LogP contribution in [0.1, 0.15) is 168 Å². The number of unbranched alkanes of at least 4 members (excludes halogenated alkanes) is 14. The maximum Gasteiger partial charge on any atom is 0.472 e. The Balaban J connectivity index is 2.52. The van der Waals surface area contributed by atoms with Gasteiger partial charge in [-0.2, -0.15) is 0 Å². The highest BCUT2D eigenvalue weighted by Crippen LogP contribution is 2.47. The van der Waals surface area contributed by atoms with Gasteiger partial charge in [-0.15, -0.1) is 0 Å². The summed E-state index contributed by atoms with van der Waals surface area (Å²) < 4.78 is 33.5. The Hall–Kier alpha value is -3.01. The average Bonchev–Trinajstić information content (AvgIpc) is 3.31. The number of aliphatic hydroxyl groups excluding tert-OH is 6. The number of ether oxygens (including phenoxy) is 2. The molecular weight excluding hydrogens is 880 g/mol. The summed E-state index contributed by atoms with van der Waals surface area (Å²) in [6.45, 7) is 3.12. The van der Waals surface area contributed by atoms with E-state index >= 15 is 0 Å². The van der Waals surface area contributed by atoms with Crippen LogP contribution in [-0.2, 0) is 32.7 Å². The van der Waals surface area contributed by atoms with Gasteiger partial charge in [-0.05, 0) is 83.5 Å².